The van der Waals surface area contributed by atoms with Gasteiger partial charge in [0.1, 0.15) is 0 Å². The van der Waals surface area contributed by atoms with Gasteiger partial charge in [0.15, 0.2) is 5.54 Å². The van der Waals surface area contributed by atoms with Gasteiger partial charge in [-0.1, -0.05) is 30.3 Å². The molecule has 0 fully saturated rings. The summed E-state index contributed by atoms with van der Waals surface area (Å²) in [6.07, 6.45) is -5.53. The molecule has 0 aliphatic heterocycles. The number of amides is 1. The van der Waals surface area contributed by atoms with E-state index in [0.717, 1.165) is 0 Å². The average Bonchev–Trinajstić information content (AvgIpc) is 2.17. The molecule has 1 amide bonds. The van der Waals surface area contributed by atoms with Gasteiger partial charge in [-0.15, -0.1) is 0 Å². The van der Waals surface area contributed by atoms with Crippen LogP contribution in [-0.4, -0.2) is 17.6 Å². The van der Waals surface area contributed by atoms with Crippen LogP contribution in [0.15, 0.2) is 30.3 Å². The van der Waals surface area contributed by atoms with Crippen LogP contribution in [0.5, 0.6) is 0 Å². The highest BCUT2D eigenvalue weighted by Crippen LogP contribution is 2.31. The smallest absolute Gasteiger partial charge is 0.368 e. The number of benzene rings is 1. The van der Waals surface area contributed by atoms with Gasteiger partial charge < -0.3 is 11.5 Å². The SMILES string of the molecule is NC(=O)C(N)(Cc1ccccc1)C(F)(F)F. The molecule has 0 aromatic heterocycles. The standard InChI is InChI=1S/C10H11F3N2O/c11-10(12,13)9(15,8(14)16)6-7-4-2-1-3-5-7/h1-5H,6,15H2,(H2,14,16). The maximum absolute atomic E-state index is 12.6. The van der Waals surface area contributed by atoms with Crippen molar-refractivity contribution in [3.63, 3.8) is 0 Å². The minimum absolute atomic E-state index is 0.307. The quantitative estimate of drug-likeness (QED) is 0.815. The Bertz CT molecular complexity index is 377. The third-order valence-corrected chi connectivity index (χ3v) is 2.27. The summed E-state index contributed by atoms with van der Waals surface area (Å²) in [7, 11) is 0. The van der Waals surface area contributed by atoms with E-state index in [-0.39, 0.29) is 0 Å². The number of halogens is 3. The van der Waals surface area contributed by atoms with Crippen molar-refractivity contribution in [3.05, 3.63) is 35.9 Å². The molecule has 16 heavy (non-hydrogen) atoms. The van der Waals surface area contributed by atoms with Crippen molar-refractivity contribution in [2.45, 2.75) is 18.1 Å². The molecule has 1 rings (SSSR count). The molecule has 1 atom stereocenters. The zero-order valence-electron chi connectivity index (χ0n) is 8.29. The first-order chi connectivity index (χ1) is 7.27. The van der Waals surface area contributed by atoms with Crippen molar-refractivity contribution >= 4 is 5.91 Å². The molecule has 88 valence electrons. The van der Waals surface area contributed by atoms with E-state index in [0.29, 0.717) is 5.56 Å². The summed E-state index contributed by atoms with van der Waals surface area (Å²) in [6, 6.07) is 7.69. The van der Waals surface area contributed by atoms with Crippen molar-refractivity contribution in [3.8, 4) is 0 Å². The lowest BCUT2D eigenvalue weighted by Gasteiger charge is -2.28. The molecule has 0 bridgehead atoms. The van der Waals surface area contributed by atoms with Crippen LogP contribution in [0.4, 0.5) is 13.2 Å². The third kappa shape index (κ3) is 2.33. The van der Waals surface area contributed by atoms with E-state index in [4.69, 9.17) is 11.5 Å². The molecule has 1 aromatic rings. The maximum Gasteiger partial charge on any atom is 0.415 e. The molecular weight excluding hydrogens is 221 g/mol. The number of primary amides is 1. The summed E-state index contributed by atoms with van der Waals surface area (Å²) < 4.78 is 37.8. The number of alkyl halides is 3. The number of rotatable bonds is 3. The van der Waals surface area contributed by atoms with Gasteiger partial charge in [-0.25, -0.2) is 0 Å². The van der Waals surface area contributed by atoms with E-state index in [1.807, 2.05) is 0 Å². The van der Waals surface area contributed by atoms with Gasteiger partial charge in [-0.2, -0.15) is 13.2 Å². The van der Waals surface area contributed by atoms with Gasteiger partial charge in [0.05, 0.1) is 0 Å². The minimum Gasteiger partial charge on any atom is -0.368 e. The molecule has 6 heteroatoms. The summed E-state index contributed by atoms with van der Waals surface area (Å²) in [5.74, 6) is -1.58. The average molecular weight is 232 g/mol. The summed E-state index contributed by atoms with van der Waals surface area (Å²) in [6.45, 7) is 0. The lowest BCUT2D eigenvalue weighted by molar-refractivity contribution is -0.189. The fraction of sp³-hybridized carbons (Fsp3) is 0.300. The van der Waals surface area contributed by atoms with Gasteiger partial charge in [-0.05, 0) is 5.56 Å². The van der Waals surface area contributed by atoms with E-state index in [1.165, 1.54) is 12.1 Å². The van der Waals surface area contributed by atoms with Crippen LogP contribution in [0.25, 0.3) is 0 Å². The number of nitrogens with two attached hydrogens (primary N) is 2. The normalized spacial score (nSPS) is 15.5. The molecule has 3 nitrogen and oxygen atoms in total. The Morgan fingerprint density at radius 1 is 1.19 bits per heavy atom. The summed E-state index contributed by atoms with van der Waals surface area (Å²) in [5, 5.41) is 0. The molecule has 0 aliphatic carbocycles. The minimum atomic E-state index is -4.87. The molecule has 4 N–H and O–H groups in total. The topological polar surface area (TPSA) is 69.1 Å². The van der Waals surface area contributed by atoms with E-state index in [1.54, 1.807) is 18.2 Å². The van der Waals surface area contributed by atoms with Gasteiger partial charge in [0, 0.05) is 6.42 Å². The van der Waals surface area contributed by atoms with Crippen LogP contribution in [0, 0.1) is 0 Å². The molecule has 0 saturated carbocycles. The molecule has 0 aliphatic rings. The van der Waals surface area contributed by atoms with E-state index < -0.39 is 24.0 Å². The number of hydrogen-bond donors (Lipinski definition) is 2. The largest absolute Gasteiger partial charge is 0.415 e. The van der Waals surface area contributed by atoms with Crippen LogP contribution in [0.3, 0.4) is 0 Å². The van der Waals surface area contributed by atoms with Gasteiger partial charge in [-0.3, -0.25) is 4.79 Å². The van der Waals surface area contributed by atoms with Crippen LogP contribution < -0.4 is 11.5 Å². The van der Waals surface area contributed by atoms with Crippen LogP contribution in [0.1, 0.15) is 5.56 Å². The van der Waals surface area contributed by atoms with Crippen LogP contribution in [0.2, 0.25) is 0 Å². The monoisotopic (exact) mass is 232 g/mol. The lowest BCUT2D eigenvalue weighted by Crippen LogP contribution is -2.63. The first-order valence-corrected chi connectivity index (χ1v) is 4.47. The number of hydrogen-bond acceptors (Lipinski definition) is 2. The predicted octanol–water partition coefficient (Wildman–Crippen LogP) is 0.974. The van der Waals surface area contributed by atoms with Crippen molar-refractivity contribution in [1.29, 1.82) is 0 Å². The molecule has 1 aromatic carbocycles. The predicted molar refractivity (Wildman–Crippen MR) is 52.3 cm³/mol. The van der Waals surface area contributed by atoms with Crippen LogP contribution >= 0.6 is 0 Å². The Morgan fingerprint density at radius 2 is 1.69 bits per heavy atom. The maximum atomic E-state index is 12.6. The Hall–Kier alpha value is -1.56. The van der Waals surface area contributed by atoms with Crippen molar-refractivity contribution in [2.75, 3.05) is 0 Å². The molecule has 0 spiro atoms. The molecule has 0 saturated heterocycles. The fourth-order valence-electron chi connectivity index (χ4n) is 1.24. The molecule has 0 heterocycles. The van der Waals surface area contributed by atoms with Gasteiger partial charge >= 0.3 is 6.18 Å². The Labute approximate surface area is 90.2 Å². The number of carbonyl (C=O) groups excluding carboxylic acids is 1. The summed E-state index contributed by atoms with van der Waals surface area (Å²) in [5.41, 5.74) is 7.06. The van der Waals surface area contributed by atoms with E-state index >= 15 is 0 Å². The molecule has 0 radical (unpaired) electrons. The Balaban J connectivity index is 3.03. The second kappa shape index (κ2) is 4.13. The van der Waals surface area contributed by atoms with Crippen molar-refractivity contribution in [2.24, 2.45) is 11.5 Å². The first kappa shape index (κ1) is 12.5. The molecule has 1 unspecified atom stereocenters. The lowest BCUT2D eigenvalue weighted by atomic mass is 9.90. The fourth-order valence-corrected chi connectivity index (χ4v) is 1.24. The van der Waals surface area contributed by atoms with Crippen molar-refractivity contribution in [1.82, 2.24) is 0 Å². The highest BCUT2D eigenvalue weighted by Gasteiger charge is 2.56. The summed E-state index contributed by atoms with van der Waals surface area (Å²) in [4.78, 5) is 10.8. The molecular formula is C10H11F3N2O. The highest BCUT2D eigenvalue weighted by molar-refractivity contribution is 5.85. The van der Waals surface area contributed by atoms with E-state index in [9.17, 15) is 18.0 Å². The van der Waals surface area contributed by atoms with Crippen LogP contribution in [-0.2, 0) is 11.2 Å². The third-order valence-electron chi connectivity index (χ3n) is 2.27. The first-order valence-electron chi connectivity index (χ1n) is 4.47. The second-order valence-corrected chi connectivity index (χ2v) is 3.50. The Kier molecular flexibility index (Phi) is 3.23. The zero-order chi connectivity index (χ0) is 12.4. The van der Waals surface area contributed by atoms with E-state index in [2.05, 4.69) is 0 Å². The summed E-state index contributed by atoms with van der Waals surface area (Å²) >= 11 is 0. The van der Waals surface area contributed by atoms with Crippen molar-refractivity contribution < 1.29 is 18.0 Å². The Morgan fingerprint density at radius 3 is 2.06 bits per heavy atom. The highest BCUT2D eigenvalue weighted by atomic mass is 19.4. The second-order valence-electron chi connectivity index (χ2n) is 3.50. The number of carbonyl (C=O) groups is 1. The van der Waals surface area contributed by atoms with Gasteiger partial charge in [0.25, 0.3) is 0 Å². The zero-order valence-corrected chi connectivity index (χ0v) is 8.29. The van der Waals surface area contributed by atoms with Gasteiger partial charge in [0.2, 0.25) is 5.91 Å².